The Morgan fingerprint density at radius 2 is 1.73 bits per heavy atom. The van der Waals surface area contributed by atoms with Gasteiger partial charge < -0.3 is 15.4 Å². The third-order valence-electron chi connectivity index (χ3n) is 4.13. The number of benzene rings is 1. The molecule has 0 saturated carbocycles. The highest BCUT2D eigenvalue weighted by Crippen LogP contribution is 2.35. The lowest BCUT2D eigenvalue weighted by Crippen LogP contribution is -2.41. The predicted molar refractivity (Wildman–Crippen MR) is 87.8 cm³/mol. The average molecular weight is 307 g/mol. The zero-order chi connectivity index (χ0) is 15.8. The van der Waals surface area contributed by atoms with Crippen molar-refractivity contribution in [3.8, 4) is 0 Å². The maximum Gasteiger partial charge on any atom is 0.191 e. The molecule has 1 heterocycles. The SMILES string of the molecule is CCNC(=NCC1(c2ccc(F)cc2)CCOCC1)NCC. The minimum absolute atomic E-state index is 0.0674. The standard InChI is InChI=1S/C17H26FN3O/c1-3-19-16(20-4-2)21-13-17(9-11-22-12-10-17)14-5-7-15(18)8-6-14/h5-8H,3-4,9-13H2,1-2H3,(H2,19,20,21). The van der Waals surface area contributed by atoms with Crippen LogP contribution in [0, 0.1) is 5.82 Å². The van der Waals surface area contributed by atoms with E-state index in [9.17, 15) is 4.39 Å². The molecule has 0 bridgehead atoms. The van der Waals surface area contributed by atoms with E-state index in [1.807, 2.05) is 12.1 Å². The van der Waals surface area contributed by atoms with E-state index in [2.05, 4.69) is 24.5 Å². The van der Waals surface area contributed by atoms with Crippen LogP contribution in [0.1, 0.15) is 32.3 Å². The molecule has 122 valence electrons. The summed E-state index contributed by atoms with van der Waals surface area (Å²) in [5.74, 6) is 0.633. The van der Waals surface area contributed by atoms with Gasteiger partial charge in [-0.25, -0.2) is 4.39 Å². The monoisotopic (exact) mass is 307 g/mol. The molecule has 1 aromatic rings. The van der Waals surface area contributed by atoms with Gasteiger partial charge in [0.05, 0.1) is 6.54 Å². The van der Waals surface area contributed by atoms with Crippen LogP contribution in [0.5, 0.6) is 0 Å². The molecule has 5 heteroatoms. The zero-order valence-electron chi connectivity index (χ0n) is 13.5. The maximum atomic E-state index is 13.2. The van der Waals surface area contributed by atoms with Crippen LogP contribution < -0.4 is 10.6 Å². The number of nitrogens with zero attached hydrogens (tertiary/aromatic N) is 1. The van der Waals surface area contributed by atoms with Crippen LogP contribution in [0.15, 0.2) is 29.3 Å². The lowest BCUT2D eigenvalue weighted by atomic mass is 9.74. The quantitative estimate of drug-likeness (QED) is 0.649. The lowest BCUT2D eigenvalue weighted by Gasteiger charge is -2.36. The normalized spacial score (nSPS) is 16.9. The molecule has 0 amide bonds. The molecular weight excluding hydrogens is 281 g/mol. The number of rotatable bonds is 5. The van der Waals surface area contributed by atoms with Gasteiger partial charge in [-0.3, -0.25) is 4.99 Å². The fourth-order valence-corrected chi connectivity index (χ4v) is 2.84. The van der Waals surface area contributed by atoms with Crippen LogP contribution in [0.2, 0.25) is 0 Å². The number of aliphatic imine (C=N–C) groups is 1. The highest BCUT2D eigenvalue weighted by atomic mass is 19.1. The van der Waals surface area contributed by atoms with Crippen LogP contribution >= 0.6 is 0 Å². The van der Waals surface area contributed by atoms with Crippen molar-refractivity contribution in [2.45, 2.75) is 32.1 Å². The van der Waals surface area contributed by atoms with E-state index in [1.54, 1.807) is 0 Å². The van der Waals surface area contributed by atoms with Gasteiger partial charge >= 0.3 is 0 Å². The first-order valence-corrected chi connectivity index (χ1v) is 8.06. The second-order valence-corrected chi connectivity index (χ2v) is 5.63. The van der Waals surface area contributed by atoms with Gasteiger partial charge in [0.25, 0.3) is 0 Å². The first kappa shape index (κ1) is 16.7. The number of ether oxygens (including phenoxy) is 1. The van der Waals surface area contributed by atoms with E-state index in [0.29, 0.717) is 6.54 Å². The van der Waals surface area contributed by atoms with E-state index in [-0.39, 0.29) is 11.2 Å². The Morgan fingerprint density at radius 1 is 1.14 bits per heavy atom. The third kappa shape index (κ3) is 4.19. The van der Waals surface area contributed by atoms with Crippen LogP contribution in [-0.4, -0.2) is 38.8 Å². The average Bonchev–Trinajstić information content (AvgIpc) is 2.54. The van der Waals surface area contributed by atoms with Crippen LogP contribution in [0.4, 0.5) is 4.39 Å². The Hall–Kier alpha value is -1.62. The van der Waals surface area contributed by atoms with Gasteiger partial charge in [0.1, 0.15) is 5.82 Å². The van der Waals surface area contributed by atoms with Crippen molar-refractivity contribution in [3.63, 3.8) is 0 Å². The summed E-state index contributed by atoms with van der Waals surface area (Å²) in [6.07, 6.45) is 1.82. The van der Waals surface area contributed by atoms with Crippen molar-refractivity contribution in [2.24, 2.45) is 4.99 Å². The van der Waals surface area contributed by atoms with Crippen molar-refractivity contribution in [1.82, 2.24) is 10.6 Å². The van der Waals surface area contributed by atoms with Crippen LogP contribution in [0.3, 0.4) is 0 Å². The first-order chi connectivity index (χ1) is 10.7. The second-order valence-electron chi connectivity index (χ2n) is 5.63. The molecule has 1 aliphatic heterocycles. The third-order valence-corrected chi connectivity index (χ3v) is 4.13. The van der Waals surface area contributed by atoms with Crippen molar-refractivity contribution in [2.75, 3.05) is 32.8 Å². The van der Waals surface area contributed by atoms with Gasteiger partial charge in [-0.15, -0.1) is 0 Å². The minimum Gasteiger partial charge on any atom is -0.381 e. The molecule has 1 aromatic carbocycles. The molecular formula is C17H26FN3O. The molecule has 22 heavy (non-hydrogen) atoms. The summed E-state index contributed by atoms with van der Waals surface area (Å²) in [5.41, 5.74) is 1.08. The fraction of sp³-hybridized carbons (Fsp3) is 0.588. The number of halogens is 1. The molecule has 2 rings (SSSR count). The summed E-state index contributed by atoms with van der Waals surface area (Å²) >= 11 is 0. The molecule has 0 unspecified atom stereocenters. The van der Waals surface area contributed by atoms with Crippen molar-refractivity contribution < 1.29 is 9.13 Å². The van der Waals surface area contributed by atoms with Gasteiger partial charge in [0.15, 0.2) is 5.96 Å². The summed E-state index contributed by atoms with van der Waals surface area (Å²) in [4.78, 5) is 4.74. The second kappa shape index (κ2) is 8.13. The summed E-state index contributed by atoms with van der Waals surface area (Å²) < 4.78 is 18.7. The number of hydrogen-bond acceptors (Lipinski definition) is 2. The summed E-state index contributed by atoms with van der Waals surface area (Å²) in [7, 11) is 0. The Morgan fingerprint density at radius 3 is 2.27 bits per heavy atom. The Kier molecular flexibility index (Phi) is 6.19. The van der Waals surface area contributed by atoms with Crippen molar-refractivity contribution in [1.29, 1.82) is 0 Å². The predicted octanol–water partition coefficient (Wildman–Crippen LogP) is 2.45. The van der Waals surface area contributed by atoms with E-state index < -0.39 is 0 Å². The number of nitrogens with one attached hydrogen (secondary N) is 2. The van der Waals surface area contributed by atoms with Gasteiger partial charge in [-0.05, 0) is 44.4 Å². The molecule has 0 spiro atoms. The molecule has 1 aliphatic rings. The molecule has 0 radical (unpaired) electrons. The van der Waals surface area contributed by atoms with E-state index in [1.165, 1.54) is 12.1 Å². The number of guanidine groups is 1. The lowest BCUT2D eigenvalue weighted by molar-refractivity contribution is 0.0531. The minimum atomic E-state index is -0.199. The van der Waals surface area contributed by atoms with E-state index in [4.69, 9.17) is 9.73 Å². The Bertz CT molecular complexity index is 473. The molecule has 0 aliphatic carbocycles. The van der Waals surface area contributed by atoms with Crippen molar-refractivity contribution >= 4 is 5.96 Å². The summed E-state index contributed by atoms with van der Waals surface area (Å²) in [6.45, 7) is 7.90. The Balaban J connectivity index is 2.21. The maximum absolute atomic E-state index is 13.2. The van der Waals surface area contributed by atoms with Gasteiger partial charge in [0.2, 0.25) is 0 Å². The highest BCUT2D eigenvalue weighted by Gasteiger charge is 2.34. The Labute approximate surface area is 132 Å². The molecule has 1 saturated heterocycles. The largest absolute Gasteiger partial charge is 0.381 e. The topological polar surface area (TPSA) is 45.7 Å². The summed E-state index contributed by atoms with van der Waals surface area (Å²) in [5, 5.41) is 6.50. The van der Waals surface area contributed by atoms with E-state index in [0.717, 1.165) is 50.7 Å². The highest BCUT2D eigenvalue weighted by molar-refractivity contribution is 5.79. The zero-order valence-corrected chi connectivity index (χ0v) is 13.5. The van der Waals surface area contributed by atoms with Gasteiger partial charge in [0, 0.05) is 31.7 Å². The van der Waals surface area contributed by atoms with Gasteiger partial charge in [-0.2, -0.15) is 0 Å². The molecule has 1 fully saturated rings. The summed E-state index contributed by atoms with van der Waals surface area (Å²) in [6, 6.07) is 6.84. The fourth-order valence-electron chi connectivity index (χ4n) is 2.84. The first-order valence-electron chi connectivity index (χ1n) is 8.06. The van der Waals surface area contributed by atoms with Crippen molar-refractivity contribution in [3.05, 3.63) is 35.6 Å². The molecule has 4 nitrogen and oxygen atoms in total. The van der Waals surface area contributed by atoms with Gasteiger partial charge in [-0.1, -0.05) is 12.1 Å². The smallest absolute Gasteiger partial charge is 0.191 e. The van der Waals surface area contributed by atoms with Crippen LogP contribution in [0.25, 0.3) is 0 Å². The molecule has 0 atom stereocenters. The number of hydrogen-bond donors (Lipinski definition) is 2. The van der Waals surface area contributed by atoms with Crippen LogP contribution in [-0.2, 0) is 10.2 Å². The molecule has 2 N–H and O–H groups in total. The molecule has 0 aromatic heterocycles. The van der Waals surface area contributed by atoms with E-state index >= 15 is 0 Å².